The van der Waals surface area contributed by atoms with Crippen LogP contribution in [0.5, 0.6) is 0 Å². The first-order chi connectivity index (χ1) is 12.0. The molecule has 25 heavy (non-hydrogen) atoms. The second kappa shape index (κ2) is 8.35. The number of rotatable bonds is 4. The van der Waals surface area contributed by atoms with E-state index in [0.29, 0.717) is 12.1 Å². The van der Waals surface area contributed by atoms with Gasteiger partial charge >= 0.3 is 6.09 Å². The van der Waals surface area contributed by atoms with Crippen LogP contribution >= 0.6 is 22.6 Å². The normalized spacial score (nSPS) is 24.2. The van der Waals surface area contributed by atoms with E-state index < -0.39 is 12.1 Å². The summed E-state index contributed by atoms with van der Waals surface area (Å²) in [6, 6.07) is 7.04. The first-order valence-corrected chi connectivity index (χ1v) is 9.88. The number of nitrogens with zero attached hydrogens (tertiary/aromatic N) is 1. The number of carbonyl (C=O) groups is 2. The molecule has 0 spiro atoms. The van der Waals surface area contributed by atoms with E-state index in [0.717, 1.165) is 42.3 Å². The van der Waals surface area contributed by atoms with Crippen LogP contribution < -0.4 is 11.1 Å². The summed E-state index contributed by atoms with van der Waals surface area (Å²) in [4.78, 5) is 26.3. The highest BCUT2D eigenvalue weighted by molar-refractivity contribution is 14.1. The highest BCUT2D eigenvalue weighted by Crippen LogP contribution is 2.31. The van der Waals surface area contributed by atoms with Gasteiger partial charge in [0.05, 0.1) is 6.04 Å². The molecular formula is C18H24IN3O3. The molecule has 1 saturated carbocycles. The van der Waals surface area contributed by atoms with Crippen molar-refractivity contribution in [1.82, 2.24) is 4.90 Å². The Morgan fingerprint density at radius 1 is 1.20 bits per heavy atom. The van der Waals surface area contributed by atoms with Crippen molar-refractivity contribution in [2.45, 2.75) is 44.2 Å². The Balaban J connectivity index is 1.46. The average molecular weight is 457 g/mol. The van der Waals surface area contributed by atoms with Gasteiger partial charge in [0, 0.05) is 22.3 Å². The molecule has 1 heterocycles. The van der Waals surface area contributed by atoms with Crippen LogP contribution in [0.4, 0.5) is 10.5 Å². The smallest absolute Gasteiger partial charge is 0.411 e. The number of nitrogens with two attached hydrogens (primary N) is 1. The van der Waals surface area contributed by atoms with Crippen LogP contribution in [0, 0.1) is 9.49 Å². The van der Waals surface area contributed by atoms with E-state index in [2.05, 4.69) is 27.9 Å². The molecule has 6 nitrogen and oxygen atoms in total. The van der Waals surface area contributed by atoms with Crippen molar-refractivity contribution in [2.75, 3.05) is 18.4 Å². The third-order valence-corrected chi connectivity index (χ3v) is 5.72. The van der Waals surface area contributed by atoms with Gasteiger partial charge in [0.2, 0.25) is 5.91 Å². The van der Waals surface area contributed by atoms with E-state index in [1.807, 2.05) is 29.2 Å². The Hall–Kier alpha value is -1.35. The lowest BCUT2D eigenvalue weighted by molar-refractivity contribution is -0.132. The van der Waals surface area contributed by atoms with E-state index in [1.165, 1.54) is 0 Å². The molecule has 1 aromatic carbocycles. The predicted octanol–water partition coefficient (Wildman–Crippen LogP) is 2.96. The Labute approximate surface area is 161 Å². The second-order valence-corrected chi connectivity index (χ2v) is 8.04. The summed E-state index contributed by atoms with van der Waals surface area (Å²) in [5, 5.41) is 2.74. The number of likely N-dealkylation sites (tertiary alicyclic amines) is 1. The zero-order valence-electron chi connectivity index (χ0n) is 14.1. The standard InChI is InChI=1S/C18H24IN3O3/c19-13-4-6-14(7-5-13)21-18(24)25-15-8-3-12(11-15)16(20)17(23)22-9-1-2-10-22/h4-7,12,15-16H,1-3,8-11,20H2,(H,21,24)/t12-,15+,16-/m0/s1. The van der Waals surface area contributed by atoms with Crippen LogP contribution in [-0.2, 0) is 9.53 Å². The fourth-order valence-corrected chi connectivity index (χ4v) is 3.95. The average Bonchev–Trinajstić information content (AvgIpc) is 3.27. The van der Waals surface area contributed by atoms with Crippen molar-refractivity contribution in [3.63, 3.8) is 0 Å². The third-order valence-electron chi connectivity index (χ3n) is 5.00. The number of nitrogens with one attached hydrogen (secondary N) is 1. The van der Waals surface area contributed by atoms with Crippen molar-refractivity contribution < 1.29 is 14.3 Å². The van der Waals surface area contributed by atoms with E-state index >= 15 is 0 Å². The molecule has 1 aliphatic carbocycles. The van der Waals surface area contributed by atoms with Gasteiger partial charge < -0.3 is 15.4 Å². The minimum absolute atomic E-state index is 0.0477. The fraction of sp³-hybridized carbons (Fsp3) is 0.556. The minimum atomic E-state index is -0.481. The van der Waals surface area contributed by atoms with Gasteiger partial charge in [-0.05, 0) is 84.9 Å². The molecule has 3 atom stereocenters. The number of carbonyl (C=O) groups excluding carboxylic acids is 2. The van der Waals surface area contributed by atoms with Gasteiger partial charge in [0.1, 0.15) is 6.10 Å². The van der Waals surface area contributed by atoms with Gasteiger partial charge in [-0.1, -0.05) is 0 Å². The number of anilines is 1. The molecule has 0 radical (unpaired) electrons. The van der Waals surface area contributed by atoms with Crippen LogP contribution in [0.1, 0.15) is 32.1 Å². The minimum Gasteiger partial charge on any atom is -0.446 e. The number of halogens is 1. The van der Waals surface area contributed by atoms with Gasteiger partial charge in [0.25, 0.3) is 0 Å². The maximum atomic E-state index is 12.4. The first-order valence-electron chi connectivity index (χ1n) is 8.80. The van der Waals surface area contributed by atoms with Gasteiger partial charge in [0.15, 0.2) is 0 Å². The lowest BCUT2D eigenvalue weighted by Crippen LogP contribution is -2.46. The van der Waals surface area contributed by atoms with Gasteiger partial charge in [-0.2, -0.15) is 0 Å². The van der Waals surface area contributed by atoms with Crippen LogP contribution in [0.2, 0.25) is 0 Å². The molecule has 7 heteroatoms. The van der Waals surface area contributed by atoms with Gasteiger partial charge in [-0.25, -0.2) is 4.79 Å². The summed E-state index contributed by atoms with van der Waals surface area (Å²) in [6.45, 7) is 1.63. The van der Waals surface area contributed by atoms with E-state index in [9.17, 15) is 9.59 Å². The molecule has 136 valence electrons. The molecular weight excluding hydrogens is 433 g/mol. The Morgan fingerprint density at radius 2 is 1.88 bits per heavy atom. The molecule has 1 saturated heterocycles. The quantitative estimate of drug-likeness (QED) is 0.682. The fourth-order valence-electron chi connectivity index (χ4n) is 3.59. The molecule has 2 amide bonds. The van der Waals surface area contributed by atoms with Gasteiger partial charge in [-0.3, -0.25) is 10.1 Å². The maximum Gasteiger partial charge on any atom is 0.411 e. The van der Waals surface area contributed by atoms with Crippen LogP contribution in [-0.4, -0.2) is 42.1 Å². The summed E-state index contributed by atoms with van der Waals surface area (Å²) in [6.07, 6.45) is 3.73. The second-order valence-electron chi connectivity index (χ2n) is 6.79. The lowest BCUT2D eigenvalue weighted by Gasteiger charge is -2.24. The van der Waals surface area contributed by atoms with E-state index in [-0.39, 0.29) is 17.9 Å². The van der Waals surface area contributed by atoms with Crippen molar-refractivity contribution in [2.24, 2.45) is 11.7 Å². The Morgan fingerprint density at radius 3 is 2.56 bits per heavy atom. The molecule has 1 aliphatic heterocycles. The van der Waals surface area contributed by atoms with Crippen molar-refractivity contribution >= 4 is 40.3 Å². The number of hydrogen-bond donors (Lipinski definition) is 2. The zero-order valence-corrected chi connectivity index (χ0v) is 16.3. The predicted molar refractivity (Wildman–Crippen MR) is 104 cm³/mol. The molecule has 3 N–H and O–H groups in total. The topological polar surface area (TPSA) is 84.7 Å². The van der Waals surface area contributed by atoms with Crippen LogP contribution in [0.25, 0.3) is 0 Å². The highest BCUT2D eigenvalue weighted by Gasteiger charge is 2.36. The number of ether oxygens (including phenoxy) is 1. The van der Waals surface area contributed by atoms with Gasteiger partial charge in [-0.15, -0.1) is 0 Å². The van der Waals surface area contributed by atoms with Crippen molar-refractivity contribution in [3.05, 3.63) is 27.8 Å². The lowest BCUT2D eigenvalue weighted by atomic mass is 9.97. The first kappa shape index (κ1) is 18.4. The summed E-state index contributed by atoms with van der Waals surface area (Å²) in [5.41, 5.74) is 6.89. The summed E-state index contributed by atoms with van der Waals surface area (Å²) in [7, 11) is 0. The number of benzene rings is 1. The molecule has 0 bridgehead atoms. The molecule has 2 aliphatic rings. The highest BCUT2D eigenvalue weighted by atomic mass is 127. The molecule has 2 fully saturated rings. The molecule has 1 aromatic rings. The summed E-state index contributed by atoms with van der Waals surface area (Å²) >= 11 is 2.21. The summed E-state index contributed by atoms with van der Waals surface area (Å²) < 4.78 is 6.60. The largest absolute Gasteiger partial charge is 0.446 e. The monoisotopic (exact) mass is 457 g/mol. The maximum absolute atomic E-state index is 12.4. The van der Waals surface area contributed by atoms with Crippen molar-refractivity contribution in [1.29, 1.82) is 0 Å². The molecule has 0 aromatic heterocycles. The van der Waals surface area contributed by atoms with E-state index in [1.54, 1.807) is 0 Å². The van der Waals surface area contributed by atoms with E-state index in [4.69, 9.17) is 10.5 Å². The van der Waals surface area contributed by atoms with Crippen LogP contribution in [0.15, 0.2) is 24.3 Å². The molecule has 3 rings (SSSR count). The number of hydrogen-bond acceptors (Lipinski definition) is 4. The van der Waals surface area contributed by atoms with Crippen LogP contribution in [0.3, 0.4) is 0 Å². The number of amides is 2. The Bertz CT molecular complexity index is 616. The van der Waals surface area contributed by atoms with Crippen molar-refractivity contribution in [3.8, 4) is 0 Å². The SMILES string of the molecule is N[C@H](C(=O)N1CCCC1)[C@H]1CC[C@@H](OC(=O)Nc2ccc(I)cc2)C1. The summed E-state index contributed by atoms with van der Waals surface area (Å²) in [5.74, 6) is 0.135. The third kappa shape index (κ3) is 4.84. The molecule has 0 unspecified atom stereocenters. The zero-order chi connectivity index (χ0) is 17.8. The Kier molecular flexibility index (Phi) is 6.16.